The molecule has 2 fully saturated rings. The maximum absolute atomic E-state index is 12.3. The zero-order valence-electron chi connectivity index (χ0n) is 19.7. The Morgan fingerprint density at radius 3 is 2.58 bits per heavy atom. The molecule has 0 radical (unpaired) electrons. The summed E-state index contributed by atoms with van der Waals surface area (Å²) in [7, 11) is 0. The molecule has 2 heterocycles. The van der Waals surface area contributed by atoms with Crippen LogP contribution in [0.1, 0.15) is 55.3 Å². The van der Waals surface area contributed by atoms with Crippen molar-refractivity contribution in [1.82, 2.24) is 21.3 Å². The van der Waals surface area contributed by atoms with Gasteiger partial charge in [0.25, 0.3) is 5.91 Å². The molecule has 4 amide bonds. The minimum atomic E-state index is -1.12. The standard InChI is InChI=1S/C23H30N6O5S.ClH/c24-29-15-10-8-14(9-11-15)21(31)26-16(22(32)33)5-3-4-12-25-19(30)7-2-1-6-18-20-17(13-35-18)27-23(34)28-20;/h8-11,16-18,20H,1-7,12-13H2,(H4-,25,26,27,28,30,31,32,33,34);1H/t16-,17-,18-,20-;/m0./s1. The quantitative estimate of drug-likeness (QED) is 0.127. The lowest BCUT2D eigenvalue weighted by atomic mass is 10.0. The van der Waals surface area contributed by atoms with Crippen LogP contribution in [0.4, 0.5) is 10.5 Å². The summed E-state index contributed by atoms with van der Waals surface area (Å²) in [6.07, 6.45) is 4.47. The van der Waals surface area contributed by atoms with Crippen molar-refractivity contribution in [1.29, 1.82) is 5.39 Å². The molecule has 36 heavy (non-hydrogen) atoms. The van der Waals surface area contributed by atoms with Crippen molar-refractivity contribution in [2.75, 3.05) is 12.3 Å². The van der Waals surface area contributed by atoms with Crippen LogP contribution in [0.3, 0.4) is 0 Å². The highest BCUT2D eigenvalue weighted by molar-refractivity contribution is 8.00. The van der Waals surface area contributed by atoms with Crippen molar-refractivity contribution in [2.45, 2.75) is 68.3 Å². The number of diazo groups is 1. The molecule has 5 N–H and O–H groups in total. The summed E-state index contributed by atoms with van der Waals surface area (Å²) in [5.74, 6) is -0.744. The highest BCUT2D eigenvalue weighted by Crippen LogP contribution is 2.33. The summed E-state index contributed by atoms with van der Waals surface area (Å²) >= 11 is 1.86. The summed E-state index contributed by atoms with van der Waals surface area (Å²) in [5.41, 5.74) is 0.563. The average molecular weight is 539 g/mol. The van der Waals surface area contributed by atoms with E-state index < -0.39 is 17.9 Å². The molecule has 0 aliphatic carbocycles. The van der Waals surface area contributed by atoms with Crippen LogP contribution in [-0.2, 0) is 9.59 Å². The Morgan fingerprint density at radius 2 is 1.89 bits per heavy atom. The number of aliphatic carboxylic acids is 1. The number of nitrogens with zero attached hydrogens (tertiary/aromatic N) is 2. The predicted octanol–water partition coefficient (Wildman–Crippen LogP) is -0.630. The summed E-state index contributed by atoms with van der Waals surface area (Å²) in [4.78, 5) is 50.3. The summed E-state index contributed by atoms with van der Waals surface area (Å²) in [5, 5.41) is 29.7. The fourth-order valence-electron chi connectivity index (χ4n) is 4.24. The third-order valence-corrected chi connectivity index (χ3v) is 7.68. The van der Waals surface area contributed by atoms with E-state index in [1.54, 1.807) is 0 Å². The lowest BCUT2D eigenvalue weighted by molar-refractivity contribution is -0.139. The van der Waals surface area contributed by atoms with Gasteiger partial charge in [-0.05, 0) is 44.2 Å². The van der Waals surface area contributed by atoms with Crippen molar-refractivity contribution < 1.29 is 36.7 Å². The van der Waals surface area contributed by atoms with Gasteiger partial charge in [-0.25, -0.2) is 9.59 Å². The second-order valence-corrected chi connectivity index (χ2v) is 10.00. The molecule has 196 valence electrons. The largest absolute Gasteiger partial charge is 1.00 e. The maximum Gasteiger partial charge on any atom is 0.385 e. The van der Waals surface area contributed by atoms with Gasteiger partial charge in [-0.1, -0.05) is 6.42 Å². The Morgan fingerprint density at radius 1 is 1.14 bits per heavy atom. The maximum atomic E-state index is 12.3. The molecule has 4 atom stereocenters. The predicted molar refractivity (Wildman–Crippen MR) is 131 cm³/mol. The number of amides is 4. The molecule has 2 aliphatic rings. The fraction of sp³-hybridized carbons (Fsp3) is 0.565. The number of thioether (sulfide) groups is 1. The average Bonchev–Trinajstić information content (AvgIpc) is 3.39. The van der Waals surface area contributed by atoms with Crippen LogP contribution >= 0.6 is 11.8 Å². The van der Waals surface area contributed by atoms with Crippen molar-refractivity contribution in [2.24, 2.45) is 0 Å². The monoisotopic (exact) mass is 538 g/mol. The molecule has 2 saturated heterocycles. The van der Waals surface area contributed by atoms with Crippen LogP contribution in [0.15, 0.2) is 24.3 Å². The number of carbonyl (C=O) groups excluding carboxylic acids is 3. The Kier molecular flexibility index (Phi) is 11.8. The molecule has 2 aliphatic heterocycles. The first-order valence-corrected chi connectivity index (χ1v) is 12.9. The first-order chi connectivity index (χ1) is 16.9. The van der Waals surface area contributed by atoms with E-state index in [0.29, 0.717) is 36.7 Å². The highest BCUT2D eigenvalue weighted by atomic mass is 35.5. The molecule has 0 bridgehead atoms. The Hall–Kier alpha value is -3.04. The third-order valence-electron chi connectivity index (χ3n) is 6.17. The van der Waals surface area contributed by atoms with Crippen molar-refractivity contribution in [3.05, 3.63) is 34.8 Å². The number of carboxylic acids is 1. The molecule has 1 aromatic carbocycles. The van der Waals surface area contributed by atoms with E-state index in [1.807, 2.05) is 11.8 Å². The molecule has 0 spiro atoms. The molecule has 0 aromatic heterocycles. The number of carboxylic acid groups (broad SMARTS) is 1. The van der Waals surface area contributed by atoms with Crippen LogP contribution in [0, 0.1) is 5.39 Å². The van der Waals surface area contributed by atoms with E-state index in [-0.39, 0.29) is 48.4 Å². The Balaban J connectivity index is 0.00000456. The van der Waals surface area contributed by atoms with Crippen LogP contribution in [0.25, 0.3) is 4.98 Å². The molecule has 0 saturated carbocycles. The number of fused-ring (bicyclic) bond motifs is 1. The van der Waals surface area contributed by atoms with Crippen LogP contribution < -0.4 is 33.7 Å². The second kappa shape index (κ2) is 14.5. The van der Waals surface area contributed by atoms with E-state index in [0.717, 1.165) is 25.0 Å². The molecule has 13 heteroatoms. The normalized spacial score (nSPS) is 20.6. The van der Waals surface area contributed by atoms with Crippen LogP contribution in [0.2, 0.25) is 0 Å². The smallest absolute Gasteiger partial charge is 0.385 e. The van der Waals surface area contributed by atoms with Gasteiger partial charge in [-0.3, -0.25) is 9.59 Å². The number of carbonyl (C=O) groups is 4. The summed E-state index contributed by atoms with van der Waals surface area (Å²) in [6.45, 7) is 0.450. The van der Waals surface area contributed by atoms with Crippen LogP contribution in [-0.4, -0.2) is 64.6 Å². The number of nitrogens with one attached hydrogen (secondary N) is 4. The third kappa shape index (κ3) is 8.57. The number of unbranched alkanes of at least 4 members (excludes halogenated alkanes) is 2. The number of hydrogen-bond acceptors (Lipinski definition) is 6. The molecular weight excluding hydrogens is 508 g/mol. The van der Waals surface area contributed by atoms with Crippen molar-refractivity contribution in [3.63, 3.8) is 0 Å². The van der Waals surface area contributed by atoms with E-state index in [1.165, 1.54) is 24.3 Å². The lowest BCUT2D eigenvalue weighted by Crippen LogP contribution is -3.00. The van der Waals surface area contributed by atoms with E-state index in [9.17, 15) is 24.3 Å². The van der Waals surface area contributed by atoms with Gasteiger partial charge >= 0.3 is 17.7 Å². The summed E-state index contributed by atoms with van der Waals surface area (Å²) in [6, 6.07) is 5.07. The zero-order chi connectivity index (χ0) is 25.2. The van der Waals surface area contributed by atoms with Crippen molar-refractivity contribution in [3.8, 4) is 0 Å². The van der Waals surface area contributed by atoms with Gasteiger partial charge in [0.05, 0.1) is 12.1 Å². The first-order valence-electron chi connectivity index (χ1n) is 11.8. The highest BCUT2D eigenvalue weighted by Gasteiger charge is 2.42. The number of benzene rings is 1. The number of hydrogen-bond donors (Lipinski definition) is 5. The minimum Gasteiger partial charge on any atom is -1.00 e. The molecule has 1 aromatic rings. The van der Waals surface area contributed by atoms with E-state index in [4.69, 9.17) is 5.39 Å². The van der Waals surface area contributed by atoms with Gasteiger partial charge in [0.2, 0.25) is 11.3 Å². The number of halogens is 1. The van der Waals surface area contributed by atoms with Gasteiger partial charge in [-0.2, -0.15) is 11.8 Å². The van der Waals surface area contributed by atoms with E-state index >= 15 is 0 Å². The lowest BCUT2D eigenvalue weighted by Gasteiger charge is -2.16. The molecule has 11 nitrogen and oxygen atoms in total. The molecule has 3 rings (SSSR count). The minimum absolute atomic E-state index is 0. The van der Waals surface area contributed by atoms with Gasteiger partial charge in [-0.15, -0.1) is 0 Å². The zero-order valence-corrected chi connectivity index (χ0v) is 21.3. The Bertz CT molecular complexity index is 973. The van der Waals surface area contributed by atoms with Crippen LogP contribution in [0.5, 0.6) is 0 Å². The van der Waals surface area contributed by atoms with Gasteiger partial charge in [0.15, 0.2) is 4.98 Å². The number of urea groups is 1. The SMILES string of the molecule is N#[N+]c1ccc(C(=O)N[C@@H](CCCCNC(=O)CCCC[C@@H]2SC[C@@H]3NC(=O)N[C@@H]32)C(=O)O)cc1.[Cl-]. The molecular formula is C23H31ClN6O5S. The van der Waals surface area contributed by atoms with Gasteiger partial charge < -0.3 is 38.8 Å². The number of rotatable bonds is 13. The Labute approximate surface area is 219 Å². The van der Waals surface area contributed by atoms with E-state index in [2.05, 4.69) is 26.2 Å². The summed E-state index contributed by atoms with van der Waals surface area (Å²) < 4.78 is 0. The molecule has 0 unspecified atom stereocenters. The van der Waals surface area contributed by atoms with Gasteiger partial charge in [0.1, 0.15) is 6.04 Å². The second-order valence-electron chi connectivity index (χ2n) is 8.72. The van der Waals surface area contributed by atoms with Gasteiger partial charge in [0, 0.05) is 41.7 Å². The van der Waals surface area contributed by atoms with Crippen molar-refractivity contribution >= 4 is 41.3 Å². The fourth-order valence-corrected chi connectivity index (χ4v) is 5.79. The first kappa shape index (κ1) is 29.2. The topological polar surface area (TPSA) is 165 Å².